The monoisotopic (exact) mass is 492 g/mol. The second kappa shape index (κ2) is 9.99. The van der Waals surface area contributed by atoms with Crippen molar-refractivity contribution in [3.63, 3.8) is 0 Å². The Bertz CT molecular complexity index is 1090. The zero-order valence-corrected chi connectivity index (χ0v) is 19.5. The van der Waals surface area contributed by atoms with E-state index < -0.39 is 45.3 Å². The molecule has 6 nitrogen and oxygen atoms in total. The van der Waals surface area contributed by atoms with Gasteiger partial charge >= 0.3 is 6.18 Å². The van der Waals surface area contributed by atoms with Crippen LogP contribution >= 0.6 is 11.6 Å². The number of ether oxygens (including phenoxy) is 1. The molecule has 0 fully saturated rings. The molecule has 0 aliphatic rings. The Morgan fingerprint density at radius 2 is 1.88 bits per heavy atom. The largest absolute Gasteiger partial charge is 0.496 e. The number of amides is 1. The van der Waals surface area contributed by atoms with Gasteiger partial charge in [-0.3, -0.25) is 9.10 Å². The van der Waals surface area contributed by atoms with Gasteiger partial charge in [-0.1, -0.05) is 30.7 Å². The van der Waals surface area contributed by atoms with Gasteiger partial charge < -0.3 is 10.1 Å². The fraction of sp³-hybridized carbons (Fsp3) is 0.381. The van der Waals surface area contributed by atoms with Gasteiger partial charge in [-0.15, -0.1) is 0 Å². The molecule has 0 heterocycles. The Labute approximate surface area is 190 Å². The first-order chi connectivity index (χ1) is 14.8. The molecule has 1 N–H and O–H groups in total. The summed E-state index contributed by atoms with van der Waals surface area (Å²) in [6, 6.07) is 7.64. The number of hydrogen-bond acceptors (Lipinski definition) is 4. The molecule has 0 aliphatic heterocycles. The SMILES string of the molecule is CCC(NC(=O)CN(c1ccc(Cl)c(C(F)(F)F)c1)S(C)(=O)=O)c1ccc(OC)c(C)c1. The number of rotatable bonds is 8. The van der Waals surface area contributed by atoms with Crippen LogP contribution in [0.15, 0.2) is 36.4 Å². The number of alkyl halides is 3. The Morgan fingerprint density at radius 3 is 2.38 bits per heavy atom. The van der Waals surface area contributed by atoms with Crippen molar-refractivity contribution in [2.45, 2.75) is 32.5 Å². The van der Waals surface area contributed by atoms with E-state index in [9.17, 15) is 26.4 Å². The zero-order chi connectivity index (χ0) is 24.3. The number of sulfonamides is 1. The molecule has 0 saturated carbocycles. The highest BCUT2D eigenvalue weighted by atomic mass is 35.5. The molecule has 1 unspecified atom stereocenters. The molecule has 11 heteroatoms. The highest BCUT2D eigenvalue weighted by Crippen LogP contribution is 2.37. The van der Waals surface area contributed by atoms with Crippen LogP contribution < -0.4 is 14.4 Å². The topological polar surface area (TPSA) is 75.7 Å². The first-order valence-electron chi connectivity index (χ1n) is 9.56. The zero-order valence-electron chi connectivity index (χ0n) is 18.0. The second-order valence-corrected chi connectivity index (χ2v) is 9.50. The Balaban J connectivity index is 2.30. The standard InChI is InChI=1S/C21H24ClF3N2O4S/c1-5-18(14-6-9-19(31-3)13(2)10-14)26-20(28)12-27(32(4,29)30)15-7-8-17(22)16(11-15)21(23,24)25/h6-11,18H,5,12H2,1-4H3,(H,26,28). The molecule has 0 aliphatic carbocycles. The molecule has 2 aromatic carbocycles. The van der Waals surface area contributed by atoms with Crippen molar-refractivity contribution in [2.75, 3.05) is 24.2 Å². The van der Waals surface area contributed by atoms with Gasteiger partial charge in [0.1, 0.15) is 12.3 Å². The lowest BCUT2D eigenvalue weighted by atomic mass is 10.0. The molecule has 2 aromatic rings. The number of carbonyl (C=O) groups excluding carboxylic acids is 1. The van der Waals surface area contributed by atoms with E-state index in [0.29, 0.717) is 22.5 Å². The van der Waals surface area contributed by atoms with Gasteiger partial charge in [-0.25, -0.2) is 8.42 Å². The van der Waals surface area contributed by atoms with Crippen molar-refractivity contribution >= 4 is 33.2 Å². The van der Waals surface area contributed by atoms with E-state index in [-0.39, 0.29) is 5.69 Å². The van der Waals surface area contributed by atoms with Gasteiger partial charge in [0.05, 0.1) is 35.7 Å². The molecule has 0 aromatic heterocycles. The maximum Gasteiger partial charge on any atom is 0.417 e. The van der Waals surface area contributed by atoms with Crippen molar-refractivity contribution in [3.8, 4) is 5.75 Å². The van der Waals surface area contributed by atoms with Gasteiger partial charge in [0.2, 0.25) is 15.9 Å². The lowest BCUT2D eigenvalue weighted by Gasteiger charge is -2.25. The first kappa shape index (κ1) is 25.8. The van der Waals surface area contributed by atoms with Crippen LogP contribution in [-0.4, -0.2) is 34.2 Å². The molecule has 1 atom stereocenters. The number of methoxy groups -OCH3 is 1. The summed E-state index contributed by atoms with van der Waals surface area (Å²) >= 11 is 5.62. The minimum absolute atomic E-state index is 0.312. The van der Waals surface area contributed by atoms with Crippen molar-refractivity contribution < 1.29 is 31.1 Å². The third-order valence-corrected chi connectivity index (χ3v) is 6.27. The predicted molar refractivity (Wildman–Crippen MR) is 118 cm³/mol. The lowest BCUT2D eigenvalue weighted by Crippen LogP contribution is -2.41. The lowest BCUT2D eigenvalue weighted by molar-refractivity contribution is -0.137. The average Bonchev–Trinajstić information content (AvgIpc) is 2.69. The van der Waals surface area contributed by atoms with Gasteiger partial charge in [-0.05, 0) is 48.7 Å². The number of hydrogen-bond donors (Lipinski definition) is 1. The van der Waals surface area contributed by atoms with E-state index in [1.54, 1.807) is 19.2 Å². The summed E-state index contributed by atoms with van der Waals surface area (Å²) in [4.78, 5) is 12.7. The fourth-order valence-electron chi connectivity index (χ4n) is 3.20. The minimum Gasteiger partial charge on any atom is -0.496 e. The quantitative estimate of drug-likeness (QED) is 0.579. The van der Waals surface area contributed by atoms with Gasteiger partial charge in [0.25, 0.3) is 0 Å². The van der Waals surface area contributed by atoms with Crippen LogP contribution in [0.2, 0.25) is 5.02 Å². The molecule has 176 valence electrons. The van der Waals surface area contributed by atoms with Crippen LogP contribution in [0.4, 0.5) is 18.9 Å². The van der Waals surface area contributed by atoms with Gasteiger partial charge in [-0.2, -0.15) is 13.2 Å². The van der Waals surface area contributed by atoms with E-state index in [0.717, 1.165) is 29.5 Å². The number of aryl methyl sites for hydroxylation is 1. The Morgan fingerprint density at radius 1 is 1.22 bits per heavy atom. The Hall–Kier alpha value is -2.46. The van der Waals surface area contributed by atoms with Crippen LogP contribution in [-0.2, 0) is 21.0 Å². The second-order valence-electron chi connectivity index (χ2n) is 7.19. The predicted octanol–water partition coefficient (Wildman–Crippen LogP) is 4.71. The van der Waals surface area contributed by atoms with Crippen LogP contribution in [0.25, 0.3) is 0 Å². The van der Waals surface area contributed by atoms with E-state index in [1.165, 1.54) is 0 Å². The van der Waals surface area contributed by atoms with Gasteiger partial charge in [0, 0.05) is 0 Å². The Kier molecular flexibility index (Phi) is 8.06. The number of anilines is 1. The summed E-state index contributed by atoms with van der Waals surface area (Å²) < 4.78 is 70.0. The third kappa shape index (κ3) is 6.29. The molecular weight excluding hydrogens is 469 g/mol. The summed E-state index contributed by atoms with van der Waals surface area (Å²) in [5, 5.41) is 2.17. The van der Waals surface area contributed by atoms with Crippen LogP contribution in [0.5, 0.6) is 5.75 Å². The molecular formula is C21H24ClF3N2O4S. The van der Waals surface area contributed by atoms with E-state index in [4.69, 9.17) is 16.3 Å². The first-order valence-corrected chi connectivity index (χ1v) is 11.8. The van der Waals surface area contributed by atoms with E-state index in [1.807, 2.05) is 19.9 Å². The number of carbonyl (C=O) groups is 1. The molecule has 0 saturated heterocycles. The summed E-state index contributed by atoms with van der Waals surface area (Å²) in [6.07, 6.45) is -3.46. The number of benzene rings is 2. The molecule has 32 heavy (non-hydrogen) atoms. The summed E-state index contributed by atoms with van der Waals surface area (Å²) in [5.74, 6) is 0.0145. The smallest absolute Gasteiger partial charge is 0.417 e. The number of halogens is 4. The molecule has 0 spiro atoms. The van der Waals surface area contributed by atoms with Crippen molar-refractivity contribution in [2.24, 2.45) is 0 Å². The van der Waals surface area contributed by atoms with Crippen LogP contribution in [0, 0.1) is 6.92 Å². The minimum atomic E-state index is -4.78. The third-order valence-electron chi connectivity index (χ3n) is 4.80. The average molecular weight is 493 g/mol. The molecule has 0 radical (unpaired) electrons. The normalized spacial score (nSPS) is 12.9. The maximum absolute atomic E-state index is 13.2. The summed E-state index contributed by atoms with van der Waals surface area (Å²) in [5.41, 5.74) is 0.144. The highest BCUT2D eigenvalue weighted by Gasteiger charge is 2.34. The number of nitrogens with zero attached hydrogens (tertiary/aromatic N) is 1. The summed E-state index contributed by atoms with van der Waals surface area (Å²) in [6.45, 7) is 3.00. The number of nitrogens with one attached hydrogen (secondary N) is 1. The van der Waals surface area contributed by atoms with Crippen LogP contribution in [0.1, 0.15) is 36.1 Å². The maximum atomic E-state index is 13.2. The van der Waals surface area contributed by atoms with Crippen LogP contribution in [0.3, 0.4) is 0 Å². The van der Waals surface area contributed by atoms with Crippen molar-refractivity contribution in [1.29, 1.82) is 0 Å². The van der Waals surface area contributed by atoms with Crippen molar-refractivity contribution in [1.82, 2.24) is 5.32 Å². The highest BCUT2D eigenvalue weighted by molar-refractivity contribution is 7.92. The molecule has 2 rings (SSSR count). The van der Waals surface area contributed by atoms with Crippen molar-refractivity contribution in [3.05, 3.63) is 58.1 Å². The summed E-state index contributed by atoms with van der Waals surface area (Å²) in [7, 11) is -2.52. The fourth-order valence-corrected chi connectivity index (χ4v) is 4.27. The molecule has 0 bridgehead atoms. The van der Waals surface area contributed by atoms with E-state index >= 15 is 0 Å². The van der Waals surface area contributed by atoms with E-state index in [2.05, 4.69) is 5.32 Å². The van der Waals surface area contributed by atoms with Gasteiger partial charge in [0.15, 0.2) is 0 Å². The molecule has 1 amide bonds.